The first-order valence-corrected chi connectivity index (χ1v) is 11.6. The van der Waals surface area contributed by atoms with Gasteiger partial charge in [-0.15, -0.1) is 0 Å². The van der Waals surface area contributed by atoms with Crippen LogP contribution in [0.25, 0.3) is 11.7 Å². The minimum atomic E-state index is -0.0161. The molecular formula is C24H23BrN6O2. The highest BCUT2D eigenvalue weighted by Crippen LogP contribution is 2.30. The highest BCUT2D eigenvalue weighted by Gasteiger charge is 2.26. The SMILES string of the molecule is O=C(C=Cc1ccco1)N1CCCC(c2cc(NCc3cccnc3)n3ncc(Br)c3n2)C1. The molecule has 8 nitrogen and oxygen atoms in total. The molecule has 4 aromatic rings. The van der Waals surface area contributed by atoms with Gasteiger partial charge in [-0.3, -0.25) is 9.78 Å². The summed E-state index contributed by atoms with van der Waals surface area (Å²) in [5.74, 6) is 1.65. The molecule has 9 heteroatoms. The summed E-state index contributed by atoms with van der Waals surface area (Å²) in [4.78, 5) is 23.7. The van der Waals surface area contributed by atoms with Gasteiger partial charge >= 0.3 is 0 Å². The van der Waals surface area contributed by atoms with Crippen molar-refractivity contribution in [2.45, 2.75) is 25.3 Å². The van der Waals surface area contributed by atoms with E-state index in [4.69, 9.17) is 9.40 Å². The molecule has 0 aromatic carbocycles. The van der Waals surface area contributed by atoms with Gasteiger partial charge in [0.2, 0.25) is 5.91 Å². The normalized spacial score (nSPS) is 16.5. The van der Waals surface area contributed by atoms with E-state index in [0.29, 0.717) is 18.8 Å². The number of likely N-dealkylation sites (tertiary alicyclic amines) is 1. The molecule has 0 aliphatic carbocycles. The van der Waals surface area contributed by atoms with Gasteiger partial charge in [-0.25, -0.2) is 4.98 Å². The molecule has 1 unspecified atom stereocenters. The summed E-state index contributed by atoms with van der Waals surface area (Å²) < 4.78 is 7.91. The summed E-state index contributed by atoms with van der Waals surface area (Å²) in [5, 5.41) is 7.92. The molecule has 5 rings (SSSR count). The topological polar surface area (TPSA) is 88.6 Å². The fraction of sp³-hybridized carbons (Fsp3) is 0.250. The predicted molar refractivity (Wildman–Crippen MR) is 129 cm³/mol. The van der Waals surface area contributed by atoms with Crippen LogP contribution in [0.4, 0.5) is 5.82 Å². The second-order valence-electron chi connectivity index (χ2n) is 7.98. The lowest BCUT2D eigenvalue weighted by Crippen LogP contribution is -2.38. The first-order valence-electron chi connectivity index (χ1n) is 10.8. The van der Waals surface area contributed by atoms with Gasteiger partial charge < -0.3 is 14.6 Å². The monoisotopic (exact) mass is 506 g/mol. The average molecular weight is 507 g/mol. The van der Waals surface area contributed by atoms with E-state index in [2.05, 4.69) is 31.3 Å². The highest BCUT2D eigenvalue weighted by atomic mass is 79.9. The summed E-state index contributed by atoms with van der Waals surface area (Å²) in [7, 11) is 0. The first-order chi connectivity index (χ1) is 16.2. The van der Waals surface area contributed by atoms with Crippen LogP contribution in [0.2, 0.25) is 0 Å². The minimum Gasteiger partial charge on any atom is -0.465 e. The molecule has 0 saturated carbocycles. The smallest absolute Gasteiger partial charge is 0.246 e. The highest BCUT2D eigenvalue weighted by molar-refractivity contribution is 9.10. The Morgan fingerprint density at radius 2 is 2.24 bits per heavy atom. The van der Waals surface area contributed by atoms with Crippen molar-refractivity contribution >= 4 is 39.4 Å². The quantitative estimate of drug-likeness (QED) is 0.387. The zero-order valence-corrected chi connectivity index (χ0v) is 19.5. The number of amides is 1. The predicted octanol–water partition coefficient (Wildman–Crippen LogP) is 4.51. The van der Waals surface area contributed by atoms with Gasteiger partial charge in [-0.2, -0.15) is 9.61 Å². The second-order valence-corrected chi connectivity index (χ2v) is 8.84. The summed E-state index contributed by atoms with van der Waals surface area (Å²) in [6.45, 7) is 1.98. The number of hydrogen-bond acceptors (Lipinski definition) is 6. The van der Waals surface area contributed by atoms with Gasteiger partial charge in [-0.05, 0) is 58.6 Å². The summed E-state index contributed by atoms with van der Waals surface area (Å²) in [6.07, 6.45) is 12.1. The van der Waals surface area contributed by atoms with E-state index in [9.17, 15) is 4.79 Å². The van der Waals surface area contributed by atoms with Crippen molar-refractivity contribution in [2.75, 3.05) is 18.4 Å². The van der Waals surface area contributed by atoms with Crippen molar-refractivity contribution in [2.24, 2.45) is 0 Å². The largest absolute Gasteiger partial charge is 0.465 e. The molecule has 1 saturated heterocycles. The van der Waals surface area contributed by atoms with Crippen molar-refractivity contribution in [1.82, 2.24) is 24.5 Å². The number of anilines is 1. The van der Waals surface area contributed by atoms with E-state index in [0.717, 1.165) is 46.6 Å². The Labute approximate surface area is 199 Å². The van der Waals surface area contributed by atoms with E-state index in [1.807, 2.05) is 35.4 Å². The van der Waals surface area contributed by atoms with Gasteiger partial charge in [-0.1, -0.05) is 6.07 Å². The van der Waals surface area contributed by atoms with Crippen LogP contribution in [0.1, 0.15) is 35.8 Å². The van der Waals surface area contributed by atoms with Gasteiger partial charge in [0, 0.05) is 50.1 Å². The number of nitrogens with zero attached hydrogens (tertiary/aromatic N) is 5. The standard InChI is InChI=1S/C24H23BrN6O2/c25-20-15-28-31-22(27-14-17-4-1-9-26-13-17)12-21(29-24(20)31)18-5-2-10-30(16-18)23(32)8-7-19-6-3-11-33-19/h1,3-4,6-9,11-13,15,18,27H,2,5,10,14,16H2. The summed E-state index contributed by atoms with van der Waals surface area (Å²) in [5.41, 5.74) is 2.78. The Morgan fingerprint density at radius 3 is 3.06 bits per heavy atom. The second kappa shape index (κ2) is 9.58. The van der Waals surface area contributed by atoms with Gasteiger partial charge in [0.25, 0.3) is 0 Å². The van der Waals surface area contributed by atoms with Crippen molar-refractivity contribution in [3.63, 3.8) is 0 Å². The van der Waals surface area contributed by atoms with Crippen LogP contribution in [0, 0.1) is 0 Å². The molecule has 1 fully saturated rings. The van der Waals surface area contributed by atoms with Crippen LogP contribution in [0.5, 0.6) is 0 Å². The number of hydrogen-bond donors (Lipinski definition) is 1. The Kier molecular flexibility index (Phi) is 6.21. The maximum atomic E-state index is 12.8. The number of rotatable bonds is 6. The fourth-order valence-electron chi connectivity index (χ4n) is 4.05. The maximum Gasteiger partial charge on any atom is 0.246 e. The Hall–Kier alpha value is -3.46. The minimum absolute atomic E-state index is 0.0161. The lowest BCUT2D eigenvalue weighted by atomic mass is 9.94. The van der Waals surface area contributed by atoms with E-state index in [1.54, 1.807) is 41.4 Å². The molecule has 0 radical (unpaired) electrons. The third-order valence-electron chi connectivity index (χ3n) is 5.73. The lowest BCUT2D eigenvalue weighted by Gasteiger charge is -2.32. The maximum absolute atomic E-state index is 12.8. The number of piperidine rings is 1. The number of carbonyl (C=O) groups is 1. The Balaban J connectivity index is 1.37. The number of fused-ring (bicyclic) bond motifs is 1. The number of pyridine rings is 1. The molecule has 5 heterocycles. The van der Waals surface area contributed by atoms with E-state index < -0.39 is 0 Å². The Bertz CT molecular complexity index is 1270. The van der Waals surface area contributed by atoms with Gasteiger partial charge in [0.1, 0.15) is 11.6 Å². The molecule has 1 aliphatic heterocycles. The molecule has 33 heavy (non-hydrogen) atoms. The van der Waals surface area contributed by atoms with Crippen LogP contribution in [-0.4, -0.2) is 43.5 Å². The number of aromatic nitrogens is 4. The van der Waals surface area contributed by atoms with Crippen molar-refractivity contribution in [3.05, 3.63) is 82.8 Å². The first kappa shape index (κ1) is 21.4. The molecule has 0 spiro atoms. The molecule has 0 bridgehead atoms. The van der Waals surface area contributed by atoms with Gasteiger partial charge in [0.05, 0.1) is 22.6 Å². The number of furan rings is 1. The average Bonchev–Trinajstić information content (AvgIpc) is 3.52. The third kappa shape index (κ3) is 4.83. The van der Waals surface area contributed by atoms with E-state index >= 15 is 0 Å². The summed E-state index contributed by atoms with van der Waals surface area (Å²) >= 11 is 3.56. The van der Waals surface area contributed by atoms with Crippen molar-refractivity contribution in [3.8, 4) is 0 Å². The molecule has 1 amide bonds. The van der Waals surface area contributed by atoms with E-state index in [-0.39, 0.29) is 11.8 Å². The van der Waals surface area contributed by atoms with Crippen molar-refractivity contribution < 1.29 is 9.21 Å². The molecule has 168 valence electrons. The number of carbonyl (C=O) groups excluding carboxylic acids is 1. The zero-order valence-electron chi connectivity index (χ0n) is 17.9. The Morgan fingerprint density at radius 1 is 1.30 bits per heavy atom. The molecule has 1 N–H and O–H groups in total. The molecule has 1 atom stereocenters. The zero-order chi connectivity index (χ0) is 22.6. The fourth-order valence-corrected chi connectivity index (χ4v) is 4.40. The van der Waals surface area contributed by atoms with Crippen LogP contribution >= 0.6 is 15.9 Å². The molecule has 4 aromatic heterocycles. The molecular weight excluding hydrogens is 484 g/mol. The van der Waals surface area contributed by atoms with Gasteiger partial charge in [0.15, 0.2) is 5.65 Å². The number of nitrogens with one attached hydrogen (secondary N) is 1. The van der Waals surface area contributed by atoms with Crippen LogP contribution in [0.15, 0.2) is 70.2 Å². The van der Waals surface area contributed by atoms with Crippen LogP contribution < -0.4 is 5.32 Å². The lowest BCUT2D eigenvalue weighted by molar-refractivity contribution is -0.127. The molecule has 1 aliphatic rings. The van der Waals surface area contributed by atoms with Crippen LogP contribution in [-0.2, 0) is 11.3 Å². The van der Waals surface area contributed by atoms with Crippen molar-refractivity contribution in [1.29, 1.82) is 0 Å². The summed E-state index contributed by atoms with van der Waals surface area (Å²) in [6, 6.07) is 9.62. The number of halogens is 1. The third-order valence-corrected chi connectivity index (χ3v) is 6.29. The van der Waals surface area contributed by atoms with Crippen LogP contribution in [0.3, 0.4) is 0 Å². The van der Waals surface area contributed by atoms with E-state index in [1.165, 1.54) is 0 Å².